The first-order valence-corrected chi connectivity index (χ1v) is 20.9. The quantitative estimate of drug-likeness (QED) is 0.173. The summed E-state index contributed by atoms with van der Waals surface area (Å²) < 4.78 is 243. The number of aromatic hydroxyl groups is 1. The lowest BCUT2D eigenvalue weighted by atomic mass is 9.79. The number of benzene rings is 6. The number of pyridine rings is 1. The molecule has 0 unspecified atom stereocenters. The van der Waals surface area contributed by atoms with E-state index in [0.717, 1.165) is 12.1 Å². The zero-order valence-corrected chi connectivity index (χ0v) is 36.6. The number of rotatable bonds is 7. The third-order valence-electron chi connectivity index (χ3n) is 11.6. The van der Waals surface area contributed by atoms with Gasteiger partial charge in [-0.1, -0.05) is 181 Å². The Morgan fingerprint density at radius 3 is 1.89 bits per heavy atom. The van der Waals surface area contributed by atoms with E-state index in [2.05, 4.69) is 0 Å². The van der Waals surface area contributed by atoms with E-state index in [1.807, 2.05) is 45.0 Å². The molecule has 332 valence electrons. The molecule has 0 amide bonds. The average molecular weight is 886 g/mol. The van der Waals surface area contributed by atoms with Crippen LogP contribution in [-0.2, 0) is 21.7 Å². The van der Waals surface area contributed by atoms with E-state index in [1.54, 1.807) is 86.6 Å². The molecule has 0 saturated heterocycles. The molecule has 0 aliphatic carbocycles. The maximum atomic E-state index is 13.0. The summed E-state index contributed by atoms with van der Waals surface area (Å²) in [6.07, 6.45) is 1.48. The van der Waals surface area contributed by atoms with Crippen molar-refractivity contribution in [3.63, 3.8) is 0 Å². The third kappa shape index (κ3) is 9.06. The Bertz CT molecular complexity index is 4000. The van der Waals surface area contributed by atoms with Crippen molar-refractivity contribution in [3.8, 4) is 67.5 Å². The fraction of sp³-hybridized carbons (Fsp3) is 0.311. The van der Waals surface area contributed by atoms with Crippen LogP contribution in [0.15, 0.2) is 140 Å². The summed E-state index contributed by atoms with van der Waals surface area (Å²) in [6, 6.07) is 33.4. The van der Waals surface area contributed by atoms with E-state index in [9.17, 15) is 6.48 Å². The third-order valence-corrected chi connectivity index (χ3v) is 11.6. The van der Waals surface area contributed by atoms with Crippen LogP contribution >= 0.6 is 0 Å². The van der Waals surface area contributed by atoms with Crippen LogP contribution in [0.5, 0.6) is 5.75 Å². The van der Waals surface area contributed by atoms with Crippen molar-refractivity contribution in [2.45, 2.75) is 124 Å². The average Bonchev–Trinajstić information content (AvgIpc) is 1.05. The van der Waals surface area contributed by atoms with E-state index >= 15 is 0 Å². The van der Waals surface area contributed by atoms with Crippen LogP contribution in [0.1, 0.15) is 168 Å². The summed E-state index contributed by atoms with van der Waals surface area (Å²) >= 11 is 0. The van der Waals surface area contributed by atoms with Crippen molar-refractivity contribution in [1.82, 2.24) is 14.5 Å². The highest BCUT2D eigenvalue weighted by Gasteiger charge is 2.29. The Morgan fingerprint density at radius 2 is 1.22 bits per heavy atom. The lowest BCUT2D eigenvalue weighted by molar-refractivity contribution is 0.446. The van der Waals surface area contributed by atoms with Crippen LogP contribution in [0.4, 0.5) is 0 Å². The number of imidazole rings is 1. The highest BCUT2D eigenvalue weighted by molar-refractivity contribution is 5.97. The molecule has 0 atom stereocenters. The minimum atomic E-state index is -4.23. The smallest absolute Gasteiger partial charge is 0.149 e. The van der Waals surface area contributed by atoms with Crippen LogP contribution in [0.3, 0.4) is 0 Å². The second kappa shape index (κ2) is 16.6. The molecule has 8 aromatic rings. The van der Waals surface area contributed by atoms with Gasteiger partial charge in [0.2, 0.25) is 0 Å². The van der Waals surface area contributed by atoms with E-state index < -0.39 is 123 Å². The molecule has 0 spiro atoms. The number of phenols is 1. The molecule has 0 fully saturated rings. The molecule has 4 heteroatoms. The van der Waals surface area contributed by atoms with Crippen LogP contribution in [-0.4, -0.2) is 19.6 Å². The van der Waals surface area contributed by atoms with E-state index in [-0.39, 0.29) is 22.8 Å². The normalized spacial score (nSPS) is 20.9. The molecule has 2 heterocycles. The standard InChI is InChI=1S/C61H67N3O/c1-38(2)50-37-47(27-28-48(50)40-19-16-15-17-20-40)64-54-22-18-21-49(55(54)63-57(64)51-35-46(60(9,10)11)36-52(56(51)65)61(12,13)14)42-31-43(33-45(32-42)59(6,7)8)53-34-41(29-30-62-53)39-23-25-44(26-24-39)58(3,4)5/h15-38,65H,1-14H3/i3D3,4D3,5D3,9D3,10D3,11D3,12D3,13D3,14D3,38D. The molecule has 0 aliphatic rings. The first kappa shape index (κ1) is 22.3. The lowest BCUT2D eigenvalue weighted by Gasteiger charge is -2.27. The molecular weight excluding hydrogens is 791 g/mol. The van der Waals surface area contributed by atoms with Crippen molar-refractivity contribution in [3.05, 3.63) is 167 Å². The predicted molar refractivity (Wildman–Crippen MR) is 277 cm³/mol. The van der Waals surface area contributed by atoms with Gasteiger partial charge in [-0.2, -0.15) is 0 Å². The minimum Gasteiger partial charge on any atom is -0.507 e. The maximum Gasteiger partial charge on any atom is 0.149 e. The van der Waals surface area contributed by atoms with Gasteiger partial charge in [-0.25, -0.2) is 4.98 Å². The summed E-state index contributed by atoms with van der Waals surface area (Å²) in [6.45, 7) is -26.5. The number of para-hydroxylation sites is 1. The molecule has 0 radical (unpaired) electrons. The first-order valence-electron chi connectivity index (χ1n) is 34.9. The van der Waals surface area contributed by atoms with Crippen molar-refractivity contribution >= 4 is 11.0 Å². The van der Waals surface area contributed by atoms with Gasteiger partial charge < -0.3 is 5.11 Å². The van der Waals surface area contributed by atoms with Gasteiger partial charge in [-0.05, 0) is 126 Å². The lowest BCUT2D eigenvalue weighted by Crippen LogP contribution is -2.17. The molecule has 2 aromatic heterocycles. The highest BCUT2D eigenvalue weighted by Crippen LogP contribution is 2.45. The molecule has 65 heavy (non-hydrogen) atoms. The SMILES string of the molecule is [2H]C(C)(C)c1cc(-n2c(-c3cc(C(C([2H])([2H])[2H])(C([2H])([2H])[2H])C([2H])([2H])[2H])cc(C(C([2H])([2H])[2H])(C([2H])([2H])[2H])C([2H])([2H])[2H])c3O)nc3c(-c4cc(-c5cc(-c6ccc(C(C([2H])([2H])[2H])(C([2H])([2H])[2H])C([2H])([2H])[2H])cc6)ccn5)cc(C(C)(C)C)c4)cccc32)ccc1-c1ccccc1. The molecule has 8 rings (SSSR count). The van der Waals surface area contributed by atoms with Crippen molar-refractivity contribution in [2.24, 2.45) is 0 Å². The van der Waals surface area contributed by atoms with Gasteiger partial charge in [-0.3, -0.25) is 9.55 Å². The Kier molecular flexibility index (Phi) is 5.70. The number of nitrogens with zero attached hydrogens (tertiary/aromatic N) is 3. The van der Waals surface area contributed by atoms with Crippen molar-refractivity contribution in [2.75, 3.05) is 0 Å². The largest absolute Gasteiger partial charge is 0.507 e. The van der Waals surface area contributed by atoms with Crippen LogP contribution < -0.4 is 0 Å². The number of phenolic OH excluding ortho intramolecular Hbond substituents is 1. The summed E-state index contributed by atoms with van der Waals surface area (Å²) in [4.78, 5) is 9.80. The molecule has 0 saturated carbocycles. The molecule has 1 N–H and O–H groups in total. The topological polar surface area (TPSA) is 50.9 Å². The van der Waals surface area contributed by atoms with Gasteiger partial charge in [0.15, 0.2) is 0 Å². The summed E-state index contributed by atoms with van der Waals surface area (Å²) in [7, 11) is 0. The fourth-order valence-electron chi connectivity index (χ4n) is 8.08. The minimum absolute atomic E-state index is 0.0289. The fourth-order valence-corrected chi connectivity index (χ4v) is 8.08. The molecule has 6 aromatic carbocycles. The second-order valence-electron chi connectivity index (χ2n) is 17.8. The summed E-state index contributed by atoms with van der Waals surface area (Å²) in [5.74, 6) is -3.42. The molecule has 0 bridgehead atoms. The van der Waals surface area contributed by atoms with Gasteiger partial charge >= 0.3 is 0 Å². The number of fused-ring (bicyclic) bond motifs is 1. The van der Waals surface area contributed by atoms with E-state index in [0.29, 0.717) is 61.8 Å². The molecule has 4 nitrogen and oxygen atoms in total. The molecular formula is C61H67N3O. The predicted octanol–water partition coefficient (Wildman–Crippen LogP) is 16.8. The Balaban J connectivity index is 1.52. The van der Waals surface area contributed by atoms with Crippen LogP contribution in [0.2, 0.25) is 0 Å². The van der Waals surface area contributed by atoms with Gasteiger partial charge in [0, 0.05) is 67.0 Å². The highest BCUT2D eigenvalue weighted by atomic mass is 16.3. The van der Waals surface area contributed by atoms with Gasteiger partial charge in [0.1, 0.15) is 11.6 Å². The zero-order chi connectivity index (χ0) is 70.2. The molecule has 0 aliphatic heterocycles. The summed E-state index contributed by atoms with van der Waals surface area (Å²) in [5, 5.41) is 13.0. The monoisotopic (exact) mass is 886 g/mol. The Morgan fingerprint density at radius 1 is 0.538 bits per heavy atom. The van der Waals surface area contributed by atoms with Crippen LogP contribution in [0, 0.1) is 0 Å². The van der Waals surface area contributed by atoms with Crippen LogP contribution in [0.25, 0.3) is 72.7 Å². The summed E-state index contributed by atoms with van der Waals surface area (Å²) in [5.41, 5.74) is -11.3. The van der Waals surface area contributed by atoms with Gasteiger partial charge in [-0.15, -0.1) is 0 Å². The van der Waals surface area contributed by atoms with E-state index in [4.69, 9.17) is 47.0 Å². The van der Waals surface area contributed by atoms with E-state index in [1.165, 1.54) is 22.9 Å². The maximum absolute atomic E-state index is 13.0. The number of hydrogen-bond acceptors (Lipinski definition) is 3. The zero-order valence-electron chi connectivity index (χ0n) is 64.6. The number of hydrogen-bond donors (Lipinski definition) is 1. The van der Waals surface area contributed by atoms with Gasteiger partial charge in [0.25, 0.3) is 0 Å². The Labute approximate surface area is 427 Å². The Hall–Kier alpha value is -6.26. The van der Waals surface area contributed by atoms with Crippen molar-refractivity contribution in [1.29, 1.82) is 0 Å². The second-order valence-corrected chi connectivity index (χ2v) is 17.8. The van der Waals surface area contributed by atoms with Crippen molar-refractivity contribution < 1.29 is 43.5 Å². The first-order chi connectivity index (χ1) is 42.0. The van der Waals surface area contributed by atoms with Gasteiger partial charge in [0.05, 0.1) is 22.3 Å². The number of aromatic nitrogens is 3.